The Hall–Kier alpha value is -0.830. The van der Waals surface area contributed by atoms with Crippen LogP contribution in [0.2, 0.25) is 0 Å². The third-order valence-corrected chi connectivity index (χ3v) is 2.78. The summed E-state index contributed by atoms with van der Waals surface area (Å²) in [7, 11) is 0. The van der Waals surface area contributed by atoms with E-state index in [2.05, 4.69) is 18.8 Å². The molecule has 3 heteroatoms. The Morgan fingerprint density at radius 3 is 2.28 bits per heavy atom. The SMILES string of the molecule is C=C(C)C(=O)NCCCCCCOCCCCC. The fraction of sp³-hybridized carbons (Fsp3) is 0.800. The summed E-state index contributed by atoms with van der Waals surface area (Å²) in [4.78, 5) is 11.2. The first-order valence-corrected chi connectivity index (χ1v) is 7.20. The zero-order valence-electron chi connectivity index (χ0n) is 12.1. The molecule has 1 amide bonds. The average Bonchev–Trinajstić information content (AvgIpc) is 2.35. The summed E-state index contributed by atoms with van der Waals surface area (Å²) >= 11 is 0. The number of carbonyl (C=O) groups is 1. The highest BCUT2D eigenvalue weighted by molar-refractivity contribution is 5.91. The number of ether oxygens (including phenoxy) is 1. The van der Waals surface area contributed by atoms with Crippen LogP contribution in [0.1, 0.15) is 58.8 Å². The Morgan fingerprint density at radius 2 is 1.67 bits per heavy atom. The van der Waals surface area contributed by atoms with E-state index in [0.29, 0.717) is 5.57 Å². The first-order valence-electron chi connectivity index (χ1n) is 7.20. The summed E-state index contributed by atoms with van der Waals surface area (Å²) in [5, 5.41) is 2.84. The first kappa shape index (κ1) is 17.2. The van der Waals surface area contributed by atoms with Crippen LogP contribution in [0.3, 0.4) is 0 Å². The van der Waals surface area contributed by atoms with Crippen LogP contribution < -0.4 is 5.32 Å². The van der Waals surface area contributed by atoms with E-state index in [1.165, 1.54) is 25.7 Å². The second-order valence-electron chi connectivity index (χ2n) is 4.77. The van der Waals surface area contributed by atoms with Crippen LogP contribution in [0.25, 0.3) is 0 Å². The van der Waals surface area contributed by atoms with E-state index >= 15 is 0 Å². The number of carbonyl (C=O) groups excluding carboxylic acids is 1. The molecule has 0 bridgehead atoms. The van der Waals surface area contributed by atoms with Crippen LogP contribution in [0.15, 0.2) is 12.2 Å². The van der Waals surface area contributed by atoms with Gasteiger partial charge >= 0.3 is 0 Å². The van der Waals surface area contributed by atoms with Crippen molar-refractivity contribution in [1.82, 2.24) is 5.32 Å². The van der Waals surface area contributed by atoms with Gasteiger partial charge in [0.25, 0.3) is 0 Å². The van der Waals surface area contributed by atoms with E-state index in [1.807, 2.05) is 0 Å². The van der Waals surface area contributed by atoms with Crippen molar-refractivity contribution in [2.45, 2.75) is 58.8 Å². The minimum Gasteiger partial charge on any atom is -0.381 e. The fourth-order valence-electron chi connectivity index (χ4n) is 1.59. The average molecular weight is 255 g/mol. The molecular weight excluding hydrogens is 226 g/mol. The van der Waals surface area contributed by atoms with Gasteiger partial charge < -0.3 is 10.1 Å². The van der Waals surface area contributed by atoms with Crippen molar-refractivity contribution in [2.24, 2.45) is 0 Å². The number of unbranched alkanes of at least 4 members (excludes halogenated alkanes) is 5. The zero-order valence-corrected chi connectivity index (χ0v) is 12.1. The normalized spacial score (nSPS) is 10.3. The van der Waals surface area contributed by atoms with Gasteiger partial charge in [-0.05, 0) is 26.2 Å². The maximum Gasteiger partial charge on any atom is 0.246 e. The molecule has 0 aromatic carbocycles. The quantitative estimate of drug-likeness (QED) is 0.428. The van der Waals surface area contributed by atoms with E-state index in [-0.39, 0.29) is 5.91 Å². The topological polar surface area (TPSA) is 38.3 Å². The molecule has 3 nitrogen and oxygen atoms in total. The molecule has 0 saturated heterocycles. The molecule has 0 fully saturated rings. The monoisotopic (exact) mass is 255 g/mol. The van der Waals surface area contributed by atoms with Crippen molar-refractivity contribution >= 4 is 5.91 Å². The first-order chi connectivity index (χ1) is 8.68. The molecule has 0 aliphatic heterocycles. The van der Waals surface area contributed by atoms with E-state index in [4.69, 9.17) is 4.74 Å². The summed E-state index contributed by atoms with van der Waals surface area (Å²) in [5.41, 5.74) is 0.579. The molecule has 0 aliphatic rings. The van der Waals surface area contributed by atoms with Gasteiger partial charge in [0.2, 0.25) is 5.91 Å². The molecule has 0 unspecified atom stereocenters. The summed E-state index contributed by atoms with van der Waals surface area (Å²) in [6.07, 6.45) is 8.19. The van der Waals surface area contributed by atoms with Gasteiger partial charge in [-0.25, -0.2) is 0 Å². The van der Waals surface area contributed by atoms with Crippen LogP contribution in [0, 0.1) is 0 Å². The zero-order chi connectivity index (χ0) is 13.6. The lowest BCUT2D eigenvalue weighted by atomic mass is 10.2. The van der Waals surface area contributed by atoms with E-state index in [1.54, 1.807) is 6.92 Å². The van der Waals surface area contributed by atoms with E-state index < -0.39 is 0 Å². The van der Waals surface area contributed by atoms with Gasteiger partial charge in [-0.1, -0.05) is 39.2 Å². The van der Waals surface area contributed by atoms with Crippen LogP contribution in [0.4, 0.5) is 0 Å². The predicted molar refractivity (Wildman–Crippen MR) is 76.6 cm³/mol. The Kier molecular flexibility index (Phi) is 12.0. The molecular formula is C15H29NO2. The lowest BCUT2D eigenvalue weighted by Gasteiger charge is -2.05. The Morgan fingerprint density at radius 1 is 1.06 bits per heavy atom. The number of amides is 1. The minimum absolute atomic E-state index is 0.0331. The van der Waals surface area contributed by atoms with Gasteiger partial charge in [0.05, 0.1) is 0 Å². The molecule has 0 spiro atoms. The molecule has 0 aromatic heterocycles. The molecule has 1 N–H and O–H groups in total. The van der Waals surface area contributed by atoms with Crippen LogP contribution in [0.5, 0.6) is 0 Å². The van der Waals surface area contributed by atoms with Crippen LogP contribution in [-0.2, 0) is 9.53 Å². The van der Waals surface area contributed by atoms with Gasteiger partial charge in [0, 0.05) is 25.3 Å². The molecule has 0 aliphatic carbocycles. The second-order valence-corrected chi connectivity index (χ2v) is 4.77. The van der Waals surface area contributed by atoms with Crippen molar-refractivity contribution < 1.29 is 9.53 Å². The van der Waals surface area contributed by atoms with Crippen molar-refractivity contribution in [3.8, 4) is 0 Å². The molecule has 0 atom stereocenters. The van der Waals surface area contributed by atoms with Gasteiger partial charge in [0.1, 0.15) is 0 Å². The Bertz CT molecular complexity index is 227. The molecule has 106 valence electrons. The Labute approximate surface area is 112 Å². The maximum absolute atomic E-state index is 11.2. The molecule has 0 radical (unpaired) electrons. The van der Waals surface area contributed by atoms with Crippen molar-refractivity contribution in [1.29, 1.82) is 0 Å². The highest BCUT2D eigenvalue weighted by Crippen LogP contribution is 2.01. The third-order valence-electron chi connectivity index (χ3n) is 2.78. The van der Waals surface area contributed by atoms with Gasteiger partial charge in [-0.3, -0.25) is 4.79 Å². The Balaban J connectivity index is 3.07. The minimum atomic E-state index is -0.0331. The second kappa shape index (κ2) is 12.6. The number of rotatable bonds is 12. The summed E-state index contributed by atoms with van der Waals surface area (Å²) in [5.74, 6) is -0.0331. The smallest absolute Gasteiger partial charge is 0.246 e. The van der Waals surface area contributed by atoms with Crippen LogP contribution in [-0.4, -0.2) is 25.7 Å². The maximum atomic E-state index is 11.2. The van der Waals surface area contributed by atoms with Gasteiger partial charge in [-0.2, -0.15) is 0 Å². The summed E-state index contributed by atoms with van der Waals surface area (Å²) < 4.78 is 5.53. The molecule has 0 heterocycles. The lowest BCUT2D eigenvalue weighted by Crippen LogP contribution is -2.24. The lowest BCUT2D eigenvalue weighted by molar-refractivity contribution is -0.117. The molecule has 0 aromatic rings. The highest BCUT2D eigenvalue weighted by Gasteiger charge is 1.99. The molecule has 0 saturated carbocycles. The number of hydrogen-bond acceptors (Lipinski definition) is 2. The van der Waals surface area contributed by atoms with Gasteiger partial charge in [0.15, 0.2) is 0 Å². The third kappa shape index (κ3) is 11.6. The fourth-order valence-corrected chi connectivity index (χ4v) is 1.59. The summed E-state index contributed by atoms with van der Waals surface area (Å²) in [6.45, 7) is 10.1. The van der Waals surface area contributed by atoms with E-state index in [9.17, 15) is 4.79 Å². The predicted octanol–water partition coefficient (Wildman–Crippen LogP) is 3.45. The van der Waals surface area contributed by atoms with Crippen molar-refractivity contribution in [2.75, 3.05) is 19.8 Å². The standard InChI is InChI=1S/C15H29NO2/c1-4-5-9-12-18-13-10-7-6-8-11-16-15(17)14(2)3/h2,4-13H2,1,3H3,(H,16,17). The largest absolute Gasteiger partial charge is 0.381 e. The molecule has 18 heavy (non-hydrogen) atoms. The summed E-state index contributed by atoms with van der Waals surface area (Å²) in [6, 6.07) is 0. The van der Waals surface area contributed by atoms with Crippen molar-refractivity contribution in [3.05, 3.63) is 12.2 Å². The molecule has 0 rings (SSSR count). The van der Waals surface area contributed by atoms with Crippen LogP contribution >= 0.6 is 0 Å². The highest BCUT2D eigenvalue weighted by atomic mass is 16.5. The number of hydrogen-bond donors (Lipinski definition) is 1. The van der Waals surface area contributed by atoms with E-state index in [0.717, 1.165) is 39.0 Å². The number of nitrogens with one attached hydrogen (secondary N) is 1. The van der Waals surface area contributed by atoms with Crippen molar-refractivity contribution in [3.63, 3.8) is 0 Å². The van der Waals surface area contributed by atoms with Gasteiger partial charge in [-0.15, -0.1) is 0 Å².